The fraction of sp³-hybridized carbons (Fsp3) is 0.165. The molecule has 0 spiro atoms. The molecule has 0 N–H and O–H groups in total. The number of nitrogens with zero attached hydrogens (tertiary/aromatic N) is 2. The average molecular weight is 1080 g/mol. The van der Waals surface area contributed by atoms with Crippen LogP contribution in [0.1, 0.15) is 73.8 Å². The first-order valence-corrected chi connectivity index (χ1v) is 29.8. The Morgan fingerprint density at radius 1 is 0.627 bits per heavy atom. The molecule has 0 bridgehead atoms. The third kappa shape index (κ3) is 8.57. The molecule has 0 fully saturated rings. The molecule has 0 saturated carbocycles. The highest BCUT2D eigenvalue weighted by molar-refractivity contribution is 6.14. The molecule has 5 unspecified atom stereocenters. The van der Waals surface area contributed by atoms with Gasteiger partial charge in [-0.05, 0) is 156 Å². The number of hydrogen-bond acceptors (Lipinski definition) is 4. The Labute approximate surface area is 486 Å². The Hall–Kier alpha value is -9.38. The summed E-state index contributed by atoms with van der Waals surface area (Å²) in [4.78, 5) is 5.22. The van der Waals surface area contributed by atoms with Crippen molar-refractivity contribution in [3.63, 3.8) is 0 Å². The molecule has 0 radical (unpaired) electrons. The summed E-state index contributed by atoms with van der Waals surface area (Å²) in [5.74, 6) is 0.160. The molecule has 5 aliphatic carbocycles. The van der Waals surface area contributed by atoms with Crippen LogP contribution in [0.3, 0.4) is 0 Å². The molecule has 10 aromatic rings. The summed E-state index contributed by atoms with van der Waals surface area (Å²) in [5.41, 5.74) is 17.8. The lowest BCUT2D eigenvalue weighted by Gasteiger charge is -2.50. The molecule has 0 aliphatic heterocycles. The number of hydrogen-bond donors (Lipinski definition) is 0. The zero-order valence-electron chi connectivity index (χ0n) is 47.2. The number of fused-ring (bicyclic) bond motifs is 11. The van der Waals surface area contributed by atoms with Crippen LogP contribution in [0.15, 0.2) is 269 Å². The molecule has 15 rings (SSSR count). The average Bonchev–Trinajstić information content (AvgIpc) is 2.87. The summed E-state index contributed by atoms with van der Waals surface area (Å²) in [6.07, 6.45) is 36.3. The van der Waals surface area contributed by atoms with E-state index < -0.39 is 5.54 Å². The van der Waals surface area contributed by atoms with Gasteiger partial charge in [-0.2, -0.15) is 0 Å². The minimum Gasteiger partial charge on any atom is -0.456 e. The summed E-state index contributed by atoms with van der Waals surface area (Å²) in [7, 11) is 0. The van der Waals surface area contributed by atoms with E-state index in [1.165, 1.54) is 77.2 Å². The van der Waals surface area contributed by atoms with Crippen molar-refractivity contribution in [2.75, 3.05) is 9.80 Å². The molecular weight excluding hydrogens is 1010 g/mol. The van der Waals surface area contributed by atoms with Gasteiger partial charge in [0.2, 0.25) is 0 Å². The largest absolute Gasteiger partial charge is 0.456 e. The van der Waals surface area contributed by atoms with Crippen LogP contribution in [-0.2, 0) is 11.8 Å². The van der Waals surface area contributed by atoms with E-state index in [4.69, 9.17) is 8.83 Å². The Morgan fingerprint density at radius 3 is 2.14 bits per heavy atom. The Morgan fingerprint density at radius 2 is 1.36 bits per heavy atom. The van der Waals surface area contributed by atoms with Crippen molar-refractivity contribution in [3.8, 4) is 0 Å². The van der Waals surface area contributed by atoms with Gasteiger partial charge in [0.05, 0.1) is 23.3 Å². The van der Waals surface area contributed by atoms with Crippen molar-refractivity contribution in [2.45, 2.75) is 75.4 Å². The van der Waals surface area contributed by atoms with Crippen molar-refractivity contribution >= 4 is 90.1 Å². The second kappa shape index (κ2) is 20.6. The molecule has 8 aromatic carbocycles. The number of anilines is 3. The lowest BCUT2D eigenvalue weighted by molar-refractivity contribution is 0.429. The number of allylic oxidation sites excluding steroid dienone is 9. The number of rotatable bonds is 12. The molecule has 404 valence electrons. The molecule has 2 aromatic heterocycles. The zero-order valence-corrected chi connectivity index (χ0v) is 47.2. The molecule has 2 heterocycles. The van der Waals surface area contributed by atoms with Gasteiger partial charge < -0.3 is 18.6 Å². The first-order valence-electron chi connectivity index (χ1n) is 29.8. The van der Waals surface area contributed by atoms with Crippen LogP contribution in [0, 0.1) is 5.92 Å². The smallest absolute Gasteiger partial charge is 0.159 e. The van der Waals surface area contributed by atoms with E-state index in [0.29, 0.717) is 0 Å². The van der Waals surface area contributed by atoms with Crippen LogP contribution < -0.4 is 20.4 Å². The van der Waals surface area contributed by atoms with Gasteiger partial charge in [-0.25, -0.2) is 0 Å². The number of benzene rings is 8. The topological polar surface area (TPSA) is 32.8 Å². The number of aryl methyl sites for hydroxylation is 1. The monoisotopic (exact) mass is 1070 g/mol. The fourth-order valence-electron chi connectivity index (χ4n) is 14.6. The first-order chi connectivity index (χ1) is 40.8. The van der Waals surface area contributed by atoms with E-state index >= 15 is 0 Å². The van der Waals surface area contributed by atoms with Crippen LogP contribution in [-0.4, -0.2) is 17.6 Å². The summed E-state index contributed by atoms with van der Waals surface area (Å²) < 4.78 is 14.2. The predicted molar refractivity (Wildman–Crippen MR) is 349 cm³/mol. The minimum atomic E-state index is -0.449. The molecule has 4 nitrogen and oxygen atoms in total. The summed E-state index contributed by atoms with van der Waals surface area (Å²) >= 11 is 0. The highest BCUT2D eigenvalue weighted by Crippen LogP contribution is 2.48. The molecule has 83 heavy (non-hydrogen) atoms. The molecule has 0 saturated heterocycles. The Kier molecular flexibility index (Phi) is 12.5. The highest BCUT2D eigenvalue weighted by atomic mass is 16.3. The van der Waals surface area contributed by atoms with E-state index in [1.807, 2.05) is 0 Å². The normalized spacial score (nSPS) is 21.8. The summed E-state index contributed by atoms with van der Waals surface area (Å²) in [5, 5.41) is 7.17. The number of para-hydroxylation sites is 3. The van der Waals surface area contributed by atoms with Gasteiger partial charge >= 0.3 is 0 Å². The van der Waals surface area contributed by atoms with Crippen molar-refractivity contribution in [2.24, 2.45) is 5.92 Å². The van der Waals surface area contributed by atoms with Gasteiger partial charge in [-0.1, -0.05) is 212 Å². The lowest BCUT2D eigenvalue weighted by Crippen LogP contribution is -2.56. The standard InChI is InChI=1S/C79H66N2O2/c1-4-24-57-49-58(53-25-9-5-10-26-53)51-68(55-27-11-6-12-28-55)75(57)81(61-31-15-8-16-32-61)78(2)48-46-67-72(52-78)83-77-66-45-42-56(50-69(66)62-33-17-18-35-64(62)74(67)77)54-40-43-60(44-41-54)80(73-39-21-22-47-79(73,3)59-29-13-7-14-30-59)70-37-23-36-65-63-34-19-20-38-71(63)82-76(65)70/h4-5,7-11,13-23,25-41,43-44,46-47,49-52,57,73,75H,1,6,12,24,42,45,48H2,2-3H3. The van der Waals surface area contributed by atoms with Crippen LogP contribution in [0.4, 0.5) is 17.1 Å². The first kappa shape index (κ1) is 50.6. The second-order valence-electron chi connectivity index (χ2n) is 23.7. The van der Waals surface area contributed by atoms with Crippen LogP contribution in [0.5, 0.6) is 0 Å². The quantitative estimate of drug-likeness (QED) is 0.114. The van der Waals surface area contributed by atoms with Gasteiger partial charge in [-0.3, -0.25) is 0 Å². The van der Waals surface area contributed by atoms with Crippen LogP contribution in [0.25, 0.3) is 73.1 Å². The van der Waals surface area contributed by atoms with E-state index in [9.17, 15) is 0 Å². The van der Waals surface area contributed by atoms with Crippen molar-refractivity contribution in [1.29, 1.82) is 0 Å². The Balaban J connectivity index is 0.837. The predicted octanol–water partition coefficient (Wildman–Crippen LogP) is 18.7. The molecule has 5 atom stereocenters. The third-order valence-corrected chi connectivity index (χ3v) is 18.6. The van der Waals surface area contributed by atoms with Gasteiger partial charge in [0, 0.05) is 49.6 Å². The van der Waals surface area contributed by atoms with Crippen molar-refractivity contribution < 1.29 is 8.83 Å². The fourth-order valence-corrected chi connectivity index (χ4v) is 14.6. The molecule has 4 heteroatoms. The van der Waals surface area contributed by atoms with Gasteiger partial charge in [0.25, 0.3) is 0 Å². The van der Waals surface area contributed by atoms with Crippen LogP contribution >= 0.6 is 0 Å². The van der Waals surface area contributed by atoms with Crippen molar-refractivity contribution in [1.82, 2.24) is 0 Å². The molecule has 0 amide bonds. The molecular formula is C79H66N2O2. The molecule has 5 aliphatic rings. The van der Waals surface area contributed by atoms with E-state index in [1.54, 1.807) is 0 Å². The maximum absolute atomic E-state index is 7.41. The lowest BCUT2D eigenvalue weighted by atomic mass is 9.72. The number of furan rings is 2. The van der Waals surface area contributed by atoms with Gasteiger partial charge in [0.15, 0.2) is 5.58 Å². The third-order valence-electron chi connectivity index (χ3n) is 18.6. The van der Waals surface area contributed by atoms with Crippen molar-refractivity contribution in [3.05, 3.63) is 299 Å². The Bertz CT molecular complexity index is 4560. The second-order valence-corrected chi connectivity index (χ2v) is 23.7. The summed E-state index contributed by atoms with van der Waals surface area (Å²) in [6, 6.07) is 66.2. The van der Waals surface area contributed by atoms with Gasteiger partial charge in [0.1, 0.15) is 16.6 Å². The van der Waals surface area contributed by atoms with Crippen LogP contribution in [0.2, 0.25) is 0 Å². The zero-order chi connectivity index (χ0) is 55.7. The SMILES string of the molecule is C=CCC1C=C(c2ccccc2)C=C(C2=CCCC=C2)C1N(c1ccccc1)C1(C)C=c2oc3c4c(c5ccccc5c3c2=CC1)C=C(c1ccc(N(c2cccc3c2oc2ccccc23)C2C=CC=CC2(C)c2ccccc2)cc1)CC4. The minimum absolute atomic E-state index is 0.0217. The highest BCUT2D eigenvalue weighted by Gasteiger charge is 2.43. The van der Waals surface area contributed by atoms with Gasteiger partial charge in [-0.15, -0.1) is 6.58 Å². The van der Waals surface area contributed by atoms with E-state index in [0.717, 1.165) is 82.8 Å². The van der Waals surface area contributed by atoms with E-state index in [-0.39, 0.29) is 23.4 Å². The van der Waals surface area contributed by atoms with E-state index in [2.05, 4.69) is 291 Å². The maximum Gasteiger partial charge on any atom is 0.159 e. The summed E-state index contributed by atoms with van der Waals surface area (Å²) in [6.45, 7) is 9.13. The maximum atomic E-state index is 7.41.